The van der Waals surface area contributed by atoms with Crippen LogP contribution in [0.25, 0.3) is 0 Å². The molecule has 0 aliphatic carbocycles. The third-order valence-electron chi connectivity index (χ3n) is 3.68. The van der Waals surface area contributed by atoms with Gasteiger partial charge in [-0.05, 0) is 31.5 Å². The molecule has 0 aromatic heterocycles. The lowest BCUT2D eigenvalue weighted by molar-refractivity contribution is 0.0664. The number of urea groups is 1. The summed E-state index contributed by atoms with van der Waals surface area (Å²) in [6, 6.07) is 5.59. The van der Waals surface area contributed by atoms with Gasteiger partial charge in [0.15, 0.2) is 0 Å². The first-order valence-electron chi connectivity index (χ1n) is 7.11. The molecular weight excluding hydrogens is 334 g/mol. The molecule has 0 bridgehead atoms. The third-order valence-corrected chi connectivity index (χ3v) is 4.54. The van der Waals surface area contributed by atoms with E-state index >= 15 is 0 Å². The number of halogens is 1. The van der Waals surface area contributed by atoms with Crippen LogP contribution in [-0.2, 0) is 0 Å². The minimum atomic E-state index is -0.0526. The molecular formula is C15H20BrN3O2. The molecule has 0 radical (unpaired) electrons. The van der Waals surface area contributed by atoms with Crippen molar-refractivity contribution in [1.29, 1.82) is 0 Å². The molecule has 5 nitrogen and oxygen atoms in total. The summed E-state index contributed by atoms with van der Waals surface area (Å²) in [5.74, 6) is 0.0318. The van der Waals surface area contributed by atoms with Gasteiger partial charge in [-0.15, -0.1) is 0 Å². The van der Waals surface area contributed by atoms with Crippen molar-refractivity contribution in [3.8, 4) is 0 Å². The van der Waals surface area contributed by atoms with Crippen molar-refractivity contribution in [3.63, 3.8) is 0 Å². The van der Waals surface area contributed by atoms with Crippen molar-refractivity contribution in [2.24, 2.45) is 0 Å². The van der Waals surface area contributed by atoms with Crippen LogP contribution in [0.5, 0.6) is 0 Å². The van der Waals surface area contributed by atoms with E-state index in [-0.39, 0.29) is 11.9 Å². The number of piperazine rings is 1. The molecule has 2 rings (SSSR count). The minimum absolute atomic E-state index is 0.0318. The van der Waals surface area contributed by atoms with Gasteiger partial charge in [0.1, 0.15) is 0 Å². The maximum absolute atomic E-state index is 12.6. The summed E-state index contributed by atoms with van der Waals surface area (Å²) < 4.78 is 0.939. The van der Waals surface area contributed by atoms with E-state index in [0.29, 0.717) is 32.7 Å². The molecule has 0 spiro atoms. The van der Waals surface area contributed by atoms with Gasteiger partial charge in [0, 0.05) is 42.8 Å². The molecule has 0 atom stereocenters. The van der Waals surface area contributed by atoms with E-state index in [0.717, 1.165) is 15.6 Å². The van der Waals surface area contributed by atoms with Crippen molar-refractivity contribution < 1.29 is 9.59 Å². The fourth-order valence-corrected chi connectivity index (χ4v) is 2.75. The minimum Gasteiger partial charge on any atom is -0.338 e. The monoisotopic (exact) mass is 353 g/mol. The average Bonchev–Trinajstić information content (AvgIpc) is 2.50. The van der Waals surface area contributed by atoms with Crippen molar-refractivity contribution in [3.05, 3.63) is 33.8 Å². The summed E-state index contributed by atoms with van der Waals surface area (Å²) >= 11 is 3.45. The Labute approximate surface area is 133 Å². The van der Waals surface area contributed by atoms with Gasteiger partial charge >= 0.3 is 6.03 Å². The molecule has 114 valence electrons. The zero-order valence-corrected chi connectivity index (χ0v) is 13.9. The fourth-order valence-electron chi connectivity index (χ4n) is 2.39. The van der Waals surface area contributed by atoms with Crippen molar-refractivity contribution in [2.75, 3.05) is 32.7 Å². The molecule has 1 aromatic carbocycles. The zero-order chi connectivity index (χ0) is 15.4. The number of carbonyl (C=O) groups is 2. The van der Waals surface area contributed by atoms with Gasteiger partial charge < -0.3 is 15.1 Å². The smallest absolute Gasteiger partial charge is 0.317 e. The quantitative estimate of drug-likeness (QED) is 0.886. The lowest BCUT2D eigenvalue weighted by Crippen LogP contribution is -2.53. The highest BCUT2D eigenvalue weighted by Gasteiger charge is 2.25. The summed E-state index contributed by atoms with van der Waals surface area (Å²) in [5, 5.41) is 2.78. The van der Waals surface area contributed by atoms with Gasteiger partial charge in [-0.1, -0.05) is 22.0 Å². The Morgan fingerprint density at radius 3 is 2.43 bits per heavy atom. The second-order valence-electron chi connectivity index (χ2n) is 5.03. The van der Waals surface area contributed by atoms with Crippen LogP contribution >= 0.6 is 15.9 Å². The Morgan fingerprint density at radius 2 is 1.81 bits per heavy atom. The molecule has 6 heteroatoms. The molecule has 1 aliphatic heterocycles. The molecule has 1 aromatic rings. The maximum Gasteiger partial charge on any atom is 0.317 e. The first kappa shape index (κ1) is 15.8. The van der Waals surface area contributed by atoms with Crippen LogP contribution in [0.1, 0.15) is 22.8 Å². The molecule has 0 saturated carbocycles. The highest BCUT2D eigenvalue weighted by Crippen LogP contribution is 2.21. The predicted octanol–water partition coefficient (Wildman–Crippen LogP) is 2.24. The fraction of sp³-hybridized carbons (Fsp3) is 0.467. The van der Waals surface area contributed by atoms with Crippen LogP contribution in [-0.4, -0.2) is 54.5 Å². The summed E-state index contributed by atoms with van der Waals surface area (Å²) in [5.41, 5.74) is 1.67. The largest absolute Gasteiger partial charge is 0.338 e. The number of nitrogens with zero attached hydrogens (tertiary/aromatic N) is 2. The highest BCUT2D eigenvalue weighted by molar-refractivity contribution is 9.10. The number of hydrogen-bond acceptors (Lipinski definition) is 2. The van der Waals surface area contributed by atoms with E-state index in [9.17, 15) is 9.59 Å². The van der Waals surface area contributed by atoms with Crippen LogP contribution in [0, 0.1) is 6.92 Å². The third kappa shape index (κ3) is 3.56. The molecule has 1 N–H and O–H groups in total. The van der Waals surface area contributed by atoms with Crippen LogP contribution in [0.4, 0.5) is 4.79 Å². The van der Waals surface area contributed by atoms with Crippen molar-refractivity contribution in [2.45, 2.75) is 13.8 Å². The Kier molecular flexibility index (Phi) is 5.22. The van der Waals surface area contributed by atoms with E-state index in [1.807, 2.05) is 36.9 Å². The summed E-state index contributed by atoms with van der Waals surface area (Å²) in [7, 11) is 0. The lowest BCUT2D eigenvalue weighted by Gasteiger charge is -2.35. The van der Waals surface area contributed by atoms with E-state index in [1.54, 1.807) is 4.90 Å². The van der Waals surface area contributed by atoms with Gasteiger partial charge in [0.05, 0.1) is 0 Å². The summed E-state index contributed by atoms with van der Waals surface area (Å²) in [4.78, 5) is 27.9. The standard InChI is InChI=1S/C15H20BrN3O2/c1-3-17-15(21)19-9-7-18(8-10-19)14(20)12-5-4-6-13(16)11(12)2/h4-6H,3,7-10H2,1-2H3,(H,17,21). The second-order valence-corrected chi connectivity index (χ2v) is 5.88. The number of amides is 3. The van der Waals surface area contributed by atoms with E-state index in [1.165, 1.54) is 0 Å². The van der Waals surface area contributed by atoms with Crippen LogP contribution < -0.4 is 5.32 Å². The number of nitrogens with one attached hydrogen (secondary N) is 1. The van der Waals surface area contributed by atoms with Crippen molar-refractivity contribution in [1.82, 2.24) is 15.1 Å². The lowest BCUT2D eigenvalue weighted by atomic mass is 10.1. The SMILES string of the molecule is CCNC(=O)N1CCN(C(=O)c2cccc(Br)c2C)CC1. The first-order chi connectivity index (χ1) is 10.0. The first-order valence-corrected chi connectivity index (χ1v) is 7.91. The molecule has 0 unspecified atom stereocenters. The van der Waals surface area contributed by atoms with Crippen LogP contribution in [0.2, 0.25) is 0 Å². The summed E-state index contributed by atoms with van der Waals surface area (Å²) in [6.07, 6.45) is 0. The number of carbonyl (C=O) groups excluding carboxylic acids is 2. The predicted molar refractivity (Wildman–Crippen MR) is 85.4 cm³/mol. The normalized spacial score (nSPS) is 15.0. The Morgan fingerprint density at radius 1 is 1.19 bits per heavy atom. The molecule has 1 saturated heterocycles. The molecule has 21 heavy (non-hydrogen) atoms. The Balaban J connectivity index is 2.00. The van der Waals surface area contributed by atoms with Crippen LogP contribution in [0.3, 0.4) is 0 Å². The molecule has 1 fully saturated rings. The Bertz CT molecular complexity index is 540. The number of benzene rings is 1. The molecule has 1 heterocycles. The van der Waals surface area contributed by atoms with Gasteiger partial charge in [-0.3, -0.25) is 4.79 Å². The van der Waals surface area contributed by atoms with Gasteiger partial charge in [0.25, 0.3) is 5.91 Å². The summed E-state index contributed by atoms with van der Waals surface area (Å²) in [6.45, 7) is 6.74. The topological polar surface area (TPSA) is 52.7 Å². The zero-order valence-electron chi connectivity index (χ0n) is 12.4. The molecule has 1 aliphatic rings. The molecule has 3 amide bonds. The average molecular weight is 354 g/mol. The van der Waals surface area contributed by atoms with Crippen molar-refractivity contribution >= 4 is 27.9 Å². The van der Waals surface area contributed by atoms with Gasteiger partial charge in [-0.2, -0.15) is 0 Å². The maximum atomic E-state index is 12.6. The number of rotatable bonds is 2. The number of hydrogen-bond donors (Lipinski definition) is 1. The Hall–Kier alpha value is -1.56. The second kappa shape index (κ2) is 6.93. The van der Waals surface area contributed by atoms with Gasteiger partial charge in [-0.25, -0.2) is 4.79 Å². The highest BCUT2D eigenvalue weighted by atomic mass is 79.9. The van der Waals surface area contributed by atoms with Crippen LogP contribution in [0.15, 0.2) is 22.7 Å². The van der Waals surface area contributed by atoms with E-state index in [4.69, 9.17) is 0 Å². The van der Waals surface area contributed by atoms with Gasteiger partial charge in [0.2, 0.25) is 0 Å². The van der Waals surface area contributed by atoms with E-state index < -0.39 is 0 Å². The van der Waals surface area contributed by atoms with E-state index in [2.05, 4.69) is 21.2 Å².